The average Bonchev–Trinajstić information content (AvgIpc) is 3.00. The first-order valence-corrected chi connectivity index (χ1v) is 9.48. The summed E-state index contributed by atoms with van der Waals surface area (Å²) in [5.74, 6) is 0. The van der Waals surface area contributed by atoms with Crippen LogP contribution in [-0.2, 0) is 23.2 Å². The van der Waals surface area contributed by atoms with Crippen LogP contribution in [0.2, 0.25) is 0 Å². The summed E-state index contributed by atoms with van der Waals surface area (Å²) in [4.78, 5) is 0. The first-order valence-electron chi connectivity index (χ1n) is 6.27. The maximum absolute atomic E-state index is 4.64. The summed E-state index contributed by atoms with van der Waals surface area (Å²) >= 11 is 4.22. The Labute approximate surface area is 122 Å². The zero-order chi connectivity index (χ0) is 12.7. The number of hydrogen-bond acceptors (Lipinski definition) is 0. The molecule has 17 heavy (non-hydrogen) atoms. The molecule has 0 atom stereocenters. The monoisotopic (exact) mass is 326 g/mol. The summed E-state index contributed by atoms with van der Waals surface area (Å²) in [5.41, 5.74) is 3.30. The van der Waals surface area contributed by atoms with Crippen LogP contribution in [0.25, 0.3) is 0 Å². The Kier molecular flexibility index (Phi) is 7.39. The van der Waals surface area contributed by atoms with Crippen LogP contribution in [0, 0.1) is 0 Å². The topological polar surface area (TPSA) is 0 Å². The van der Waals surface area contributed by atoms with Crippen molar-refractivity contribution in [2.24, 2.45) is 0 Å². The van der Waals surface area contributed by atoms with Gasteiger partial charge in [0, 0.05) is 6.38 Å². The van der Waals surface area contributed by atoms with E-state index in [-0.39, 0.29) is 0 Å². The molecule has 0 amide bonds. The van der Waals surface area contributed by atoms with E-state index in [4.69, 9.17) is 0 Å². The van der Waals surface area contributed by atoms with E-state index in [9.17, 15) is 0 Å². The van der Waals surface area contributed by atoms with Crippen LogP contribution in [-0.4, -0.2) is 6.38 Å². The fourth-order valence-corrected chi connectivity index (χ4v) is 6.25. The molecule has 0 spiro atoms. The quantitative estimate of drug-likeness (QED) is 0.625. The maximum atomic E-state index is 4.64. The van der Waals surface area contributed by atoms with Crippen LogP contribution >= 0.6 is 11.6 Å². The molecular formula is C15H21ClZr. The molecule has 92 valence electrons. The molecule has 0 N–H and O–H groups in total. The van der Waals surface area contributed by atoms with Gasteiger partial charge >= 0.3 is 105 Å². The van der Waals surface area contributed by atoms with Gasteiger partial charge in [-0.1, -0.05) is 0 Å². The van der Waals surface area contributed by atoms with Gasteiger partial charge < -0.3 is 0 Å². The van der Waals surface area contributed by atoms with Crippen molar-refractivity contribution < 1.29 is 23.2 Å². The normalized spacial score (nSPS) is 17.6. The summed E-state index contributed by atoms with van der Waals surface area (Å²) in [6, 6.07) is 0. The average molecular weight is 328 g/mol. The standard InChI is InChI=1S/2C7H9.CH3Cl.Zr/c2*1-2-7-5-3-4-6-7;1-2;/h2*3,5H,2,4H2,1H3;1H3;. The molecule has 2 rings (SSSR count). The van der Waals surface area contributed by atoms with Crippen molar-refractivity contribution in [1.82, 2.24) is 0 Å². The number of allylic oxidation sites excluding steroid dienone is 8. The predicted molar refractivity (Wildman–Crippen MR) is 73.9 cm³/mol. The number of halogens is 1. The molecule has 0 aromatic carbocycles. The molecule has 0 fully saturated rings. The predicted octanol–water partition coefficient (Wildman–Crippen LogP) is 5.17. The molecule has 0 radical (unpaired) electrons. The minimum absolute atomic E-state index is 0.417. The zero-order valence-electron chi connectivity index (χ0n) is 11.0. The molecule has 0 aromatic heterocycles. The molecule has 0 saturated carbocycles. The Morgan fingerprint density at radius 2 is 1.35 bits per heavy atom. The molecule has 0 nitrogen and oxygen atoms in total. The van der Waals surface area contributed by atoms with Crippen LogP contribution in [0.5, 0.6) is 0 Å². The molecule has 2 aliphatic carbocycles. The smallest absolute Gasteiger partial charge is 0.0108 e. The number of rotatable bonds is 4. The van der Waals surface area contributed by atoms with E-state index in [1.165, 1.54) is 32.1 Å². The van der Waals surface area contributed by atoms with Gasteiger partial charge in [-0.2, -0.15) is 0 Å². The Balaban J connectivity index is 0.000000686. The first kappa shape index (κ1) is 15.2. The van der Waals surface area contributed by atoms with Crippen molar-refractivity contribution in [3.05, 3.63) is 42.0 Å². The Morgan fingerprint density at radius 1 is 0.941 bits per heavy atom. The Hall–Kier alpha value is 0.133. The largest absolute Gasteiger partial charge is 0.130 e. The van der Waals surface area contributed by atoms with Crippen molar-refractivity contribution in [3.8, 4) is 0 Å². The summed E-state index contributed by atoms with van der Waals surface area (Å²) in [6.07, 6.45) is 15.9. The van der Waals surface area contributed by atoms with Crippen molar-refractivity contribution in [2.75, 3.05) is 6.38 Å². The van der Waals surface area contributed by atoms with E-state index >= 15 is 0 Å². The Bertz CT molecular complexity index is 336. The van der Waals surface area contributed by atoms with Crippen molar-refractivity contribution in [3.63, 3.8) is 0 Å². The van der Waals surface area contributed by atoms with E-state index in [0.717, 1.165) is 0 Å². The molecule has 0 aliphatic heterocycles. The molecular weight excluding hydrogens is 307 g/mol. The van der Waals surface area contributed by atoms with Gasteiger partial charge in [0.05, 0.1) is 0 Å². The molecule has 0 heterocycles. The molecule has 0 aromatic rings. The van der Waals surface area contributed by atoms with Gasteiger partial charge in [-0.3, -0.25) is 0 Å². The minimum Gasteiger partial charge on any atom is -0.130 e. The third-order valence-electron chi connectivity index (χ3n) is 3.12. The summed E-state index contributed by atoms with van der Waals surface area (Å²) in [7, 11) is 0. The van der Waals surface area contributed by atoms with Gasteiger partial charge in [0.25, 0.3) is 0 Å². The third-order valence-corrected chi connectivity index (χ3v) is 7.19. The van der Waals surface area contributed by atoms with E-state index in [0.29, 0.717) is 0 Å². The second-order valence-electron chi connectivity index (χ2n) is 4.05. The van der Waals surface area contributed by atoms with Gasteiger partial charge in [0.2, 0.25) is 0 Å². The summed E-state index contributed by atoms with van der Waals surface area (Å²) < 4.78 is 3.65. The zero-order valence-corrected chi connectivity index (χ0v) is 14.2. The fourth-order valence-electron chi connectivity index (χ4n) is 2.21. The van der Waals surface area contributed by atoms with Crippen LogP contribution in [0.15, 0.2) is 42.0 Å². The van der Waals surface area contributed by atoms with Crippen molar-refractivity contribution in [2.45, 2.75) is 39.5 Å². The van der Waals surface area contributed by atoms with Crippen LogP contribution in [0.1, 0.15) is 39.5 Å². The SMILES string of the molecule is CCC1=[C]([Zr][C]2=C(CC)C=CC2)CC=C1.CCl. The summed E-state index contributed by atoms with van der Waals surface area (Å²) in [6.45, 7) is 4.57. The first-order chi connectivity index (χ1) is 8.35. The van der Waals surface area contributed by atoms with Gasteiger partial charge in [0.15, 0.2) is 0 Å². The van der Waals surface area contributed by atoms with E-state index in [1.807, 2.05) is 6.56 Å². The van der Waals surface area contributed by atoms with Gasteiger partial charge in [0.1, 0.15) is 0 Å². The fraction of sp³-hybridized carbons (Fsp3) is 0.467. The maximum Gasteiger partial charge on any atom is 0.0108 e. The van der Waals surface area contributed by atoms with Crippen molar-refractivity contribution in [1.29, 1.82) is 0 Å². The van der Waals surface area contributed by atoms with Gasteiger partial charge in [-0.25, -0.2) is 0 Å². The van der Waals surface area contributed by atoms with E-state index in [2.05, 4.69) is 49.8 Å². The van der Waals surface area contributed by atoms with E-state index < -0.39 is 23.2 Å². The molecule has 0 saturated heterocycles. The van der Waals surface area contributed by atoms with Crippen LogP contribution in [0.4, 0.5) is 0 Å². The number of alkyl halides is 1. The molecule has 2 aliphatic rings. The summed E-state index contributed by atoms with van der Waals surface area (Å²) in [5, 5.41) is 0. The van der Waals surface area contributed by atoms with Gasteiger partial charge in [-0.05, 0) is 0 Å². The van der Waals surface area contributed by atoms with Crippen LogP contribution < -0.4 is 0 Å². The molecule has 0 unspecified atom stereocenters. The van der Waals surface area contributed by atoms with Crippen molar-refractivity contribution >= 4 is 11.6 Å². The van der Waals surface area contributed by atoms with Crippen LogP contribution in [0.3, 0.4) is 0 Å². The van der Waals surface area contributed by atoms with E-state index in [1.54, 1.807) is 11.1 Å². The minimum atomic E-state index is -0.417. The Morgan fingerprint density at radius 3 is 1.71 bits per heavy atom. The second kappa shape index (κ2) is 8.27. The number of hydrogen-bond donors (Lipinski definition) is 0. The molecule has 2 heteroatoms. The molecule has 0 bridgehead atoms. The second-order valence-corrected chi connectivity index (χ2v) is 7.63. The van der Waals surface area contributed by atoms with Gasteiger partial charge in [-0.15, -0.1) is 11.6 Å². The third kappa shape index (κ3) is 4.07.